The van der Waals surface area contributed by atoms with Crippen LogP contribution >= 0.6 is 0 Å². The fraction of sp³-hybridized carbons (Fsp3) is 0.353. The van der Waals surface area contributed by atoms with Gasteiger partial charge in [-0.3, -0.25) is 4.98 Å². The van der Waals surface area contributed by atoms with E-state index in [0.717, 1.165) is 24.2 Å². The monoisotopic (exact) mass is 280 g/mol. The lowest BCUT2D eigenvalue weighted by Gasteiger charge is -2.20. The van der Waals surface area contributed by atoms with Crippen LogP contribution in [0.4, 0.5) is 0 Å². The summed E-state index contributed by atoms with van der Waals surface area (Å²) in [6.45, 7) is 0. The first kappa shape index (κ1) is 13.6. The highest BCUT2D eigenvalue weighted by atomic mass is 16.4. The number of rotatable bonds is 2. The highest BCUT2D eigenvalue weighted by Gasteiger charge is 2.19. The molecule has 0 atom stereocenters. The molecule has 1 aliphatic rings. The van der Waals surface area contributed by atoms with Crippen LogP contribution in [0.2, 0.25) is 0 Å². The van der Waals surface area contributed by atoms with Crippen LogP contribution in [0.5, 0.6) is 0 Å². The van der Waals surface area contributed by atoms with Crippen molar-refractivity contribution in [2.45, 2.75) is 38.0 Å². The van der Waals surface area contributed by atoms with E-state index in [4.69, 9.17) is 9.68 Å². The van der Waals surface area contributed by atoms with Gasteiger partial charge in [0.2, 0.25) is 0 Å². The standard InChI is InChI=1S/C17H16N2O2/c18-10-12-6-7-15(19-11-12)14-8-16(21-17(20)9-14)13-4-2-1-3-5-13/h6-9,11,13H,1-5H2. The number of hydrogen-bond donors (Lipinski definition) is 0. The number of pyridine rings is 1. The normalized spacial score (nSPS) is 15.6. The third-order valence-corrected chi connectivity index (χ3v) is 3.99. The van der Waals surface area contributed by atoms with E-state index < -0.39 is 0 Å². The average Bonchev–Trinajstić information content (AvgIpc) is 2.55. The highest BCUT2D eigenvalue weighted by Crippen LogP contribution is 2.33. The summed E-state index contributed by atoms with van der Waals surface area (Å²) in [5, 5.41) is 8.80. The molecule has 21 heavy (non-hydrogen) atoms. The van der Waals surface area contributed by atoms with Gasteiger partial charge in [0, 0.05) is 23.7 Å². The van der Waals surface area contributed by atoms with Gasteiger partial charge in [0.15, 0.2) is 0 Å². The smallest absolute Gasteiger partial charge is 0.336 e. The van der Waals surface area contributed by atoms with Crippen molar-refractivity contribution in [1.82, 2.24) is 4.98 Å². The maximum atomic E-state index is 11.8. The van der Waals surface area contributed by atoms with Crippen molar-refractivity contribution in [3.05, 3.63) is 52.2 Å². The molecule has 0 aromatic carbocycles. The van der Waals surface area contributed by atoms with E-state index in [-0.39, 0.29) is 5.63 Å². The molecule has 106 valence electrons. The lowest BCUT2D eigenvalue weighted by Crippen LogP contribution is -2.09. The summed E-state index contributed by atoms with van der Waals surface area (Å²) in [4.78, 5) is 16.0. The highest BCUT2D eigenvalue weighted by molar-refractivity contribution is 5.59. The number of aromatic nitrogens is 1. The van der Waals surface area contributed by atoms with Crippen molar-refractivity contribution in [2.24, 2.45) is 0 Å². The van der Waals surface area contributed by atoms with Gasteiger partial charge in [-0.15, -0.1) is 0 Å². The zero-order valence-electron chi connectivity index (χ0n) is 11.7. The molecule has 0 N–H and O–H groups in total. The SMILES string of the molecule is N#Cc1ccc(-c2cc(C3CCCCC3)oc(=O)c2)nc1. The van der Waals surface area contributed by atoms with Gasteiger partial charge in [-0.25, -0.2) is 4.79 Å². The van der Waals surface area contributed by atoms with Gasteiger partial charge >= 0.3 is 5.63 Å². The average molecular weight is 280 g/mol. The summed E-state index contributed by atoms with van der Waals surface area (Å²) in [6.07, 6.45) is 7.31. The second-order valence-electron chi connectivity index (χ2n) is 5.45. The van der Waals surface area contributed by atoms with Crippen LogP contribution in [0.3, 0.4) is 0 Å². The molecular weight excluding hydrogens is 264 g/mol. The van der Waals surface area contributed by atoms with Crippen LogP contribution in [0, 0.1) is 11.3 Å². The predicted octanol–water partition coefficient (Wildman–Crippen LogP) is 3.62. The molecule has 0 radical (unpaired) electrons. The molecule has 2 aromatic heterocycles. The van der Waals surface area contributed by atoms with Gasteiger partial charge in [0.05, 0.1) is 11.3 Å². The minimum Gasteiger partial charge on any atom is -0.428 e. The largest absolute Gasteiger partial charge is 0.428 e. The van der Waals surface area contributed by atoms with Crippen LogP contribution in [-0.2, 0) is 0 Å². The maximum Gasteiger partial charge on any atom is 0.336 e. The molecule has 0 bridgehead atoms. The Balaban J connectivity index is 1.96. The van der Waals surface area contributed by atoms with Crippen LogP contribution in [0.15, 0.2) is 39.7 Å². The summed E-state index contributed by atoms with van der Waals surface area (Å²) >= 11 is 0. The molecule has 0 spiro atoms. The fourth-order valence-electron chi connectivity index (χ4n) is 2.86. The zero-order valence-corrected chi connectivity index (χ0v) is 11.7. The Morgan fingerprint density at radius 2 is 2.00 bits per heavy atom. The summed E-state index contributed by atoms with van der Waals surface area (Å²) in [7, 11) is 0. The molecule has 1 fully saturated rings. The molecule has 4 heteroatoms. The third kappa shape index (κ3) is 3.03. The number of nitrogens with zero attached hydrogens (tertiary/aromatic N) is 2. The zero-order chi connectivity index (χ0) is 14.7. The van der Waals surface area contributed by atoms with Gasteiger partial charge < -0.3 is 4.42 Å². The summed E-state index contributed by atoms with van der Waals surface area (Å²) in [6, 6.07) is 8.89. The Morgan fingerprint density at radius 1 is 1.19 bits per heavy atom. The minimum atomic E-state index is -0.334. The first-order chi connectivity index (χ1) is 10.3. The van der Waals surface area contributed by atoms with Crippen molar-refractivity contribution in [2.75, 3.05) is 0 Å². The Hall–Kier alpha value is -2.41. The molecule has 1 aliphatic carbocycles. The summed E-state index contributed by atoms with van der Waals surface area (Å²) in [5.74, 6) is 1.10. The molecule has 0 aliphatic heterocycles. The molecule has 1 saturated carbocycles. The predicted molar refractivity (Wildman–Crippen MR) is 78.8 cm³/mol. The molecule has 0 amide bonds. The van der Waals surface area contributed by atoms with Crippen molar-refractivity contribution < 1.29 is 4.42 Å². The van der Waals surface area contributed by atoms with E-state index in [1.54, 1.807) is 12.1 Å². The first-order valence-electron chi connectivity index (χ1n) is 7.28. The Labute approximate surface area is 123 Å². The molecular formula is C17H16N2O2. The number of hydrogen-bond acceptors (Lipinski definition) is 4. The molecule has 2 heterocycles. The van der Waals surface area contributed by atoms with Gasteiger partial charge in [0.1, 0.15) is 11.8 Å². The van der Waals surface area contributed by atoms with Gasteiger partial charge in [-0.1, -0.05) is 19.3 Å². The quantitative estimate of drug-likeness (QED) is 0.842. The summed E-state index contributed by atoms with van der Waals surface area (Å²) < 4.78 is 5.39. The van der Waals surface area contributed by atoms with Crippen molar-refractivity contribution in [1.29, 1.82) is 5.26 Å². The Bertz CT molecular complexity index is 720. The van der Waals surface area contributed by atoms with Crippen LogP contribution in [0.25, 0.3) is 11.3 Å². The van der Waals surface area contributed by atoms with Crippen molar-refractivity contribution in [3.63, 3.8) is 0 Å². The van der Waals surface area contributed by atoms with Crippen LogP contribution in [0.1, 0.15) is 49.3 Å². The van der Waals surface area contributed by atoms with E-state index in [9.17, 15) is 4.79 Å². The van der Waals surface area contributed by atoms with Gasteiger partial charge in [-0.2, -0.15) is 5.26 Å². The van der Waals surface area contributed by atoms with E-state index in [1.165, 1.54) is 31.5 Å². The fourth-order valence-corrected chi connectivity index (χ4v) is 2.86. The van der Waals surface area contributed by atoms with E-state index >= 15 is 0 Å². The second-order valence-corrected chi connectivity index (χ2v) is 5.45. The topological polar surface area (TPSA) is 66.9 Å². The van der Waals surface area contributed by atoms with Gasteiger partial charge in [-0.05, 0) is 31.0 Å². The maximum absolute atomic E-state index is 11.8. The lowest BCUT2D eigenvalue weighted by molar-refractivity contribution is 0.355. The van der Waals surface area contributed by atoms with Gasteiger partial charge in [0.25, 0.3) is 0 Å². The van der Waals surface area contributed by atoms with E-state index in [1.807, 2.05) is 12.1 Å². The third-order valence-electron chi connectivity index (χ3n) is 3.99. The van der Waals surface area contributed by atoms with Crippen LogP contribution < -0.4 is 5.63 Å². The number of nitriles is 1. The second kappa shape index (κ2) is 5.92. The molecule has 4 nitrogen and oxygen atoms in total. The Kier molecular flexibility index (Phi) is 3.83. The van der Waals surface area contributed by atoms with E-state index in [2.05, 4.69) is 4.98 Å². The molecule has 3 rings (SSSR count). The Morgan fingerprint density at radius 3 is 2.67 bits per heavy atom. The van der Waals surface area contributed by atoms with Crippen LogP contribution in [-0.4, -0.2) is 4.98 Å². The van der Waals surface area contributed by atoms with Crippen molar-refractivity contribution in [3.8, 4) is 17.3 Å². The summed E-state index contributed by atoms with van der Waals surface area (Å²) in [5.41, 5.74) is 1.63. The van der Waals surface area contributed by atoms with E-state index in [0.29, 0.717) is 17.2 Å². The molecule has 0 saturated heterocycles. The minimum absolute atomic E-state index is 0.334. The van der Waals surface area contributed by atoms with Crippen molar-refractivity contribution >= 4 is 0 Å². The lowest BCUT2D eigenvalue weighted by atomic mass is 9.87. The molecule has 0 unspecified atom stereocenters. The first-order valence-corrected chi connectivity index (χ1v) is 7.28. The molecule has 2 aromatic rings.